The number of anilines is 1. The molecular weight excluding hydrogens is 459 g/mol. The molecule has 158 valence electrons. The first-order valence-corrected chi connectivity index (χ1v) is 13.1. The van der Waals surface area contributed by atoms with E-state index in [-0.39, 0.29) is 11.8 Å². The van der Waals surface area contributed by atoms with Crippen LogP contribution in [0.15, 0.2) is 39.4 Å². The van der Waals surface area contributed by atoms with Gasteiger partial charge in [0, 0.05) is 37.6 Å². The van der Waals surface area contributed by atoms with E-state index in [2.05, 4.69) is 33.0 Å². The first kappa shape index (κ1) is 21.3. The highest BCUT2D eigenvalue weighted by Crippen LogP contribution is 2.26. The summed E-state index contributed by atoms with van der Waals surface area (Å²) < 4.78 is 0.786. The van der Waals surface area contributed by atoms with E-state index >= 15 is 0 Å². The third-order valence-electron chi connectivity index (χ3n) is 4.60. The quantitative estimate of drug-likeness (QED) is 0.499. The molecule has 0 radical (unpaired) electrons. The van der Waals surface area contributed by atoms with Crippen molar-refractivity contribution in [2.45, 2.75) is 10.8 Å². The van der Waals surface area contributed by atoms with Crippen LogP contribution in [0.3, 0.4) is 0 Å². The van der Waals surface area contributed by atoms with Crippen LogP contribution in [0.4, 0.5) is 5.13 Å². The summed E-state index contributed by atoms with van der Waals surface area (Å²) in [5.41, 5.74) is 0. The molecule has 0 aromatic carbocycles. The molecule has 1 fully saturated rings. The van der Waals surface area contributed by atoms with Gasteiger partial charge < -0.3 is 15.1 Å². The summed E-state index contributed by atoms with van der Waals surface area (Å²) in [4.78, 5) is 30.7. The van der Waals surface area contributed by atoms with Gasteiger partial charge in [0.25, 0.3) is 5.91 Å². The van der Waals surface area contributed by atoms with Crippen LogP contribution in [0.1, 0.15) is 14.5 Å². The number of carbonyl (C=O) groups excluding carboxylic acids is 2. The summed E-state index contributed by atoms with van der Waals surface area (Å²) in [6.07, 6.45) is 0.958. The van der Waals surface area contributed by atoms with E-state index in [4.69, 9.17) is 0 Å². The summed E-state index contributed by atoms with van der Waals surface area (Å²) >= 11 is 6.09. The van der Waals surface area contributed by atoms with Crippen LogP contribution in [0.25, 0.3) is 0 Å². The van der Waals surface area contributed by atoms with Crippen molar-refractivity contribution < 1.29 is 9.59 Å². The van der Waals surface area contributed by atoms with Gasteiger partial charge in [-0.05, 0) is 29.3 Å². The second-order valence-electron chi connectivity index (χ2n) is 6.57. The average Bonchev–Trinajstić information content (AvgIpc) is 3.55. The molecule has 1 N–H and O–H groups in total. The van der Waals surface area contributed by atoms with Crippen molar-refractivity contribution in [1.29, 1.82) is 0 Å². The van der Waals surface area contributed by atoms with E-state index in [1.807, 2.05) is 27.3 Å². The molecule has 4 rings (SSSR count). The van der Waals surface area contributed by atoms with E-state index in [1.54, 1.807) is 11.3 Å². The molecular formula is C19H21N5O2S4. The molecule has 11 heteroatoms. The molecule has 3 aromatic heterocycles. The fourth-order valence-corrected chi connectivity index (χ4v) is 6.10. The standard InChI is InChI=1S/C19H21N5O2S4/c25-16(23-7-9-24(10-8-23)17(26)15-4-2-12-28-15)13-29-19-22-21-18(30-19)20-6-5-14-3-1-11-27-14/h1-4,11-12H,5-10,13H2,(H,20,21). The van der Waals surface area contributed by atoms with E-state index in [0.717, 1.165) is 27.3 Å². The molecule has 0 bridgehead atoms. The van der Waals surface area contributed by atoms with Gasteiger partial charge in [-0.2, -0.15) is 0 Å². The number of carbonyl (C=O) groups is 2. The fraction of sp³-hybridized carbons (Fsp3) is 0.368. The monoisotopic (exact) mass is 479 g/mol. The number of thioether (sulfide) groups is 1. The number of hydrogen-bond acceptors (Lipinski definition) is 9. The Bertz CT molecular complexity index is 950. The highest BCUT2D eigenvalue weighted by atomic mass is 32.2. The van der Waals surface area contributed by atoms with Crippen molar-refractivity contribution in [2.75, 3.05) is 43.8 Å². The van der Waals surface area contributed by atoms with Gasteiger partial charge in [-0.3, -0.25) is 9.59 Å². The molecule has 4 heterocycles. The number of amides is 2. The predicted octanol–water partition coefficient (Wildman–Crippen LogP) is 3.39. The SMILES string of the molecule is O=C(CSc1nnc(NCCc2cccs2)s1)N1CCN(C(=O)c2cccs2)CC1. The second kappa shape index (κ2) is 10.4. The molecule has 1 aliphatic heterocycles. The highest BCUT2D eigenvalue weighted by Gasteiger charge is 2.25. The Morgan fingerprint density at radius 3 is 2.53 bits per heavy atom. The zero-order valence-electron chi connectivity index (χ0n) is 16.2. The zero-order chi connectivity index (χ0) is 20.8. The summed E-state index contributed by atoms with van der Waals surface area (Å²) in [5, 5.41) is 16.4. The van der Waals surface area contributed by atoms with Gasteiger partial charge in [0.2, 0.25) is 11.0 Å². The number of nitrogens with one attached hydrogen (secondary N) is 1. The third kappa shape index (κ3) is 5.60. The Balaban J connectivity index is 1.17. The second-order valence-corrected chi connectivity index (χ2v) is 10.7. The van der Waals surface area contributed by atoms with Crippen LogP contribution < -0.4 is 5.32 Å². The van der Waals surface area contributed by atoms with Crippen LogP contribution in [-0.2, 0) is 11.2 Å². The molecule has 3 aromatic rings. The normalized spacial score (nSPS) is 14.1. The minimum absolute atomic E-state index is 0.0550. The highest BCUT2D eigenvalue weighted by molar-refractivity contribution is 8.01. The summed E-state index contributed by atoms with van der Waals surface area (Å²) in [5.74, 6) is 0.466. The van der Waals surface area contributed by atoms with Crippen molar-refractivity contribution in [1.82, 2.24) is 20.0 Å². The molecule has 1 aliphatic rings. The molecule has 0 unspecified atom stereocenters. The van der Waals surface area contributed by atoms with Crippen molar-refractivity contribution >= 4 is 62.7 Å². The van der Waals surface area contributed by atoms with Crippen molar-refractivity contribution in [3.05, 3.63) is 44.8 Å². The topological polar surface area (TPSA) is 78.4 Å². The van der Waals surface area contributed by atoms with Crippen LogP contribution in [0.2, 0.25) is 0 Å². The van der Waals surface area contributed by atoms with Crippen molar-refractivity contribution in [2.24, 2.45) is 0 Å². The molecule has 0 atom stereocenters. The zero-order valence-corrected chi connectivity index (χ0v) is 19.4. The lowest BCUT2D eigenvalue weighted by molar-refractivity contribution is -0.129. The predicted molar refractivity (Wildman–Crippen MR) is 124 cm³/mol. The van der Waals surface area contributed by atoms with Crippen LogP contribution in [0.5, 0.6) is 0 Å². The van der Waals surface area contributed by atoms with Gasteiger partial charge in [0.15, 0.2) is 4.34 Å². The van der Waals surface area contributed by atoms with Gasteiger partial charge >= 0.3 is 0 Å². The Morgan fingerprint density at radius 2 is 1.80 bits per heavy atom. The maximum absolute atomic E-state index is 12.5. The van der Waals surface area contributed by atoms with E-state index in [1.165, 1.54) is 39.3 Å². The van der Waals surface area contributed by atoms with Gasteiger partial charge in [-0.15, -0.1) is 32.9 Å². The smallest absolute Gasteiger partial charge is 0.264 e. The van der Waals surface area contributed by atoms with E-state index in [9.17, 15) is 9.59 Å². The Hall–Kier alpha value is -1.95. The minimum Gasteiger partial charge on any atom is -0.360 e. The lowest BCUT2D eigenvalue weighted by Gasteiger charge is -2.34. The first-order valence-electron chi connectivity index (χ1n) is 9.52. The number of nitrogens with zero attached hydrogens (tertiary/aromatic N) is 4. The Labute approximate surface area is 191 Å². The number of hydrogen-bond donors (Lipinski definition) is 1. The minimum atomic E-state index is 0.0550. The summed E-state index contributed by atoms with van der Waals surface area (Å²) in [6.45, 7) is 3.10. The molecule has 30 heavy (non-hydrogen) atoms. The van der Waals surface area contributed by atoms with E-state index in [0.29, 0.717) is 31.9 Å². The lowest BCUT2D eigenvalue weighted by atomic mass is 10.3. The van der Waals surface area contributed by atoms with Gasteiger partial charge in [0.05, 0.1) is 10.6 Å². The number of thiophene rings is 2. The summed E-state index contributed by atoms with van der Waals surface area (Å²) in [6, 6.07) is 7.90. The fourth-order valence-electron chi connectivity index (χ4n) is 3.02. The molecule has 7 nitrogen and oxygen atoms in total. The van der Waals surface area contributed by atoms with Crippen LogP contribution in [-0.4, -0.2) is 70.3 Å². The molecule has 0 spiro atoms. The number of aromatic nitrogens is 2. The average molecular weight is 480 g/mol. The molecule has 0 aliphatic carbocycles. The van der Waals surface area contributed by atoms with Gasteiger partial charge in [0.1, 0.15) is 0 Å². The van der Waals surface area contributed by atoms with Crippen LogP contribution >= 0.6 is 45.8 Å². The Kier molecular flexibility index (Phi) is 7.37. The van der Waals surface area contributed by atoms with E-state index < -0.39 is 0 Å². The largest absolute Gasteiger partial charge is 0.360 e. The van der Waals surface area contributed by atoms with Gasteiger partial charge in [-0.1, -0.05) is 35.2 Å². The van der Waals surface area contributed by atoms with Crippen LogP contribution in [0, 0.1) is 0 Å². The Morgan fingerprint density at radius 1 is 1.03 bits per heavy atom. The lowest BCUT2D eigenvalue weighted by Crippen LogP contribution is -2.50. The first-order chi connectivity index (χ1) is 14.7. The molecule has 0 saturated carbocycles. The number of rotatable bonds is 8. The van der Waals surface area contributed by atoms with Crippen molar-refractivity contribution in [3.8, 4) is 0 Å². The molecule has 1 saturated heterocycles. The van der Waals surface area contributed by atoms with Gasteiger partial charge in [-0.25, -0.2) is 0 Å². The maximum atomic E-state index is 12.5. The third-order valence-corrected chi connectivity index (χ3v) is 8.40. The summed E-state index contributed by atoms with van der Waals surface area (Å²) in [7, 11) is 0. The maximum Gasteiger partial charge on any atom is 0.264 e. The van der Waals surface area contributed by atoms with Crippen molar-refractivity contribution in [3.63, 3.8) is 0 Å². The molecule has 2 amide bonds. The number of piperazine rings is 1.